The zero-order chi connectivity index (χ0) is 23.0. The maximum Gasteiger partial charge on any atom is 0.422 e. The third-order valence-electron chi connectivity index (χ3n) is 4.66. The molecule has 10 nitrogen and oxygen atoms in total. The predicted octanol–water partition coefficient (Wildman–Crippen LogP) is 2.82. The summed E-state index contributed by atoms with van der Waals surface area (Å²) in [6, 6.07) is 1.63. The monoisotopic (exact) mass is 471 g/mol. The average Bonchev–Trinajstić information content (AvgIpc) is 3.47. The number of nitrogens with one attached hydrogen (secondary N) is 1. The van der Waals surface area contributed by atoms with E-state index >= 15 is 0 Å². The Hall–Kier alpha value is -3.16. The largest absolute Gasteiger partial charge is 0.480 e. The molecular weight excluding hydrogens is 455 g/mol. The number of rotatable bonds is 7. The topological polar surface area (TPSA) is 116 Å². The molecule has 2 N–H and O–H groups in total. The summed E-state index contributed by atoms with van der Waals surface area (Å²) in [5.41, 5.74) is 1.91. The van der Waals surface area contributed by atoms with Crippen molar-refractivity contribution in [1.82, 2.24) is 34.3 Å². The number of methoxy groups -OCH3 is 1. The number of aromatic amines is 1. The van der Waals surface area contributed by atoms with Gasteiger partial charge in [-0.2, -0.15) is 18.3 Å². The van der Waals surface area contributed by atoms with E-state index in [0.29, 0.717) is 22.4 Å². The van der Waals surface area contributed by atoms with Crippen molar-refractivity contribution in [1.29, 1.82) is 0 Å². The molecule has 4 rings (SSSR count). The third kappa shape index (κ3) is 3.78. The van der Waals surface area contributed by atoms with Gasteiger partial charge in [0.2, 0.25) is 12.0 Å². The van der Waals surface area contributed by atoms with E-state index in [1.54, 1.807) is 34.6 Å². The zero-order valence-corrected chi connectivity index (χ0v) is 17.5. The lowest BCUT2D eigenvalue weighted by atomic mass is 10.3. The van der Waals surface area contributed by atoms with Gasteiger partial charge in [-0.25, -0.2) is 15.0 Å². The van der Waals surface area contributed by atoms with E-state index in [-0.39, 0.29) is 16.7 Å². The Morgan fingerprint density at radius 3 is 2.72 bits per heavy atom. The Labute approximate surface area is 183 Å². The number of imidazole rings is 1. The lowest BCUT2D eigenvalue weighted by Crippen LogP contribution is -2.26. The summed E-state index contributed by atoms with van der Waals surface area (Å²) < 4.78 is 53.7. The van der Waals surface area contributed by atoms with Crippen LogP contribution in [0.15, 0.2) is 24.8 Å². The summed E-state index contributed by atoms with van der Waals surface area (Å²) >= 11 is 6.23. The number of halogens is 4. The normalized spacial score (nSPS) is 13.1. The summed E-state index contributed by atoms with van der Waals surface area (Å²) in [6.45, 7) is -1.10. The van der Waals surface area contributed by atoms with Crippen LogP contribution in [0, 0.1) is 0 Å². The number of aromatic nitrogens is 7. The Kier molecular flexibility index (Phi) is 5.79. The minimum Gasteiger partial charge on any atom is -0.480 e. The summed E-state index contributed by atoms with van der Waals surface area (Å²) in [4.78, 5) is 12.6. The van der Waals surface area contributed by atoms with Crippen molar-refractivity contribution < 1.29 is 27.8 Å². The number of aryl methyl sites for hydroxylation is 1. The molecule has 0 spiro atoms. The SMILES string of the molecule is COc1nc2c(-n3ccnc3)c(-c3nc(C(OCCO)C(F)(F)F)n[nH]3)n(C)c2cc1Cl. The Morgan fingerprint density at radius 2 is 2.09 bits per heavy atom. The van der Waals surface area contributed by atoms with Crippen LogP contribution in [0.25, 0.3) is 28.2 Å². The van der Waals surface area contributed by atoms with Crippen LogP contribution in [-0.4, -0.2) is 65.9 Å². The molecule has 4 aromatic heterocycles. The highest BCUT2D eigenvalue weighted by molar-refractivity contribution is 6.32. The number of fused-ring (bicyclic) bond motifs is 1. The number of alkyl halides is 3. The van der Waals surface area contributed by atoms with Crippen LogP contribution in [0.2, 0.25) is 5.02 Å². The molecule has 0 aliphatic carbocycles. The van der Waals surface area contributed by atoms with Gasteiger partial charge >= 0.3 is 6.18 Å². The fourth-order valence-electron chi connectivity index (χ4n) is 3.32. The minimum atomic E-state index is -4.77. The van der Waals surface area contributed by atoms with Gasteiger partial charge in [0, 0.05) is 19.4 Å². The van der Waals surface area contributed by atoms with Crippen molar-refractivity contribution in [3.8, 4) is 23.1 Å². The smallest absolute Gasteiger partial charge is 0.422 e. The third-order valence-corrected chi connectivity index (χ3v) is 4.93. The first-order valence-corrected chi connectivity index (χ1v) is 9.57. The van der Waals surface area contributed by atoms with E-state index in [2.05, 4.69) is 25.1 Å². The van der Waals surface area contributed by atoms with Crippen LogP contribution >= 0.6 is 11.6 Å². The van der Waals surface area contributed by atoms with E-state index in [1.807, 2.05) is 0 Å². The maximum atomic E-state index is 13.5. The van der Waals surface area contributed by atoms with Gasteiger partial charge in [0.25, 0.3) is 0 Å². The van der Waals surface area contributed by atoms with Crippen molar-refractivity contribution in [2.45, 2.75) is 12.3 Å². The van der Waals surface area contributed by atoms with Crippen molar-refractivity contribution in [2.24, 2.45) is 7.05 Å². The highest BCUT2D eigenvalue weighted by atomic mass is 35.5. The number of nitrogens with zero attached hydrogens (tertiary/aromatic N) is 6. The molecule has 0 radical (unpaired) electrons. The van der Waals surface area contributed by atoms with Gasteiger partial charge in [-0.3, -0.25) is 5.10 Å². The molecule has 4 heterocycles. The molecule has 0 amide bonds. The van der Waals surface area contributed by atoms with Gasteiger partial charge in [0.05, 0.1) is 32.2 Å². The molecule has 32 heavy (non-hydrogen) atoms. The Morgan fingerprint density at radius 1 is 1.31 bits per heavy atom. The molecule has 0 fully saturated rings. The van der Waals surface area contributed by atoms with Crippen LogP contribution in [0.4, 0.5) is 13.2 Å². The second-order valence-corrected chi connectivity index (χ2v) is 7.04. The molecule has 14 heteroatoms. The predicted molar refractivity (Wildman–Crippen MR) is 107 cm³/mol. The molecular formula is C18H17ClF3N7O3. The number of H-pyrrole nitrogens is 1. The fraction of sp³-hybridized carbons (Fsp3) is 0.333. The summed E-state index contributed by atoms with van der Waals surface area (Å²) in [5, 5.41) is 15.4. The fourth-order valence-corrected chi connectivity index (χ4v) is 3.54. The minimum absolute atomic E-state index is 0.0427. The highest BCUT2D eigenvalue weighted by Gasteiger charge is 2.45. The van der Waals surface area contributed by atoms with Crippen LogP contribution in [-0.2, 0) is 11.8 Å². The van der Waals surface area contributed by atoms with Gasteiger partial charge < -0.3 is 23.7 Å². The quantitative estimate of drug-likeness (QED) is 0.426. The number of hydrogen-bond donors (Lipinski definition) is 2. The lowest BCUT2D eigenvalue weighted by Gasteiger charge is -2.17. The van der Waals surface area contributed by atoms with Gasteiger partial charge in [-0.15, -0.1) is 0 Å². The van der Waals surface area contributed by atoms with Crippen molar-refractivity contribution in [3.63, 3.8) is 0 Å². The van der Waals surface area contributed by atoms with Crippen molar-refractivity contribution >= 4 is 22.6 Å². The number of aliphatic hydroxyl groups excluding tert-OH is 1. The summed E-state index contributed by atoms with van der Waals surface area (Å²) in [5.74, 6) is -0.391. The number of hydrogen-bond acceptors (Lipinski definition) is 7. The maximum absolute atomic E-state index is 13.5. The number of aliphatic hydroxyl groups is 1. The van der Waals surface area contributed by atoms with E-state index < -0.39 is 31.3 Å². The molecule has 0 saturated heterocycles. The van der Waals surface area contributed by atoms with Crippen molar-refractivity contribution in [2.75, 3.05) is 20.3 Å². The Bertz CT molecular complexity index is 1240. The molecule has 170 valence electrons. The van der Waals surface area contributed by atoms with Crippen molar-refractivity contribution in [3.05, 3.63) is 35.6 Å². The second-order valence-electron chi connectivity index (χ2n) is 6.63. The lowest BCUT2D eigenvalue weighted by molar-refractivity contribution is -0.227. The highest BCUT2D eigenvalue weighted by Crippen LogP contribution is 2.39. The summed E-state index contributed by atoms with van der Waals surface area (Å²) in [6.07, 6.45) is -2.46. The standard InChI is InChI=1S/C18H17ClF3N7O3/c1-28-10-7-9(19)17(31-2)24-11(10)12(29-4-3-23-8-29)13(28)15-25-16(27-26-15)14(18(20,21)22)32-6-5-30/h3-4,7-8,14,30H,5-6H2,1-2H3,(H,25,26,27). The van der Waals surface area contributed by atoms with Crippen LogP contribution in [0.3, 0.4) is 0 Å². The molecule has 0 aliphatic rings. The van der Waals surface area contributed by atoms with Crippen LogP contribution in [0.1, 0.15) is 11.9 Å². The zero-order valence-electron chi connectivity index (χ0n) is 16.8. The molecule has 1 atom stereocenters. The van der Waals surface area contributed by atoms with E-state index in [4.69, 9.17) is 26.2 Å². The second kappa shape index (κ2) is 8.41. The van der Waals surface area contributed by atoms with Gasteiger partial charge in [0.1, 0.15) is 21.9 Å². The first-order chi connectivity index (χ1) is 15.3. The number of pyridine rings is 1. The molecule has 0 bridgehead atoms. The molecule has 0 saturated carbocycles. The Balaban J connectivity index is 1.92. The first kappa shape index (κ1) is 22.0. The molecule has 0 aromatic carbocycles. The average molecular weight is 472 g/mol. The van der Waals surface area contributed by atoms with Crippen LogP contribution < -0.4 is 4.74 Å². The molecule has 4 aromatic rings. The van der Waals surface area contributed by atoms with E-state index in [0.717, 1.165) is 0 Å². The van der Waals surface area contributed by atoms with E-state index in [9.17, 15) is 13.2 Å². The van der Waals surface area contributed by atoms with E-state index in [1.165, 1.54) is 13.4 Å². The van der Waals surface area contributed by atoms with Gasteiger partial charge in [-0.05, 0) is 6.07 Å². The molecule has 1 unspecified atom stereocenters. The van der Waals surface area contributed by atoms with Gasteiger partial charge in [0.15, 0.2) is 11.6 Å². The van der Waals surface area contributed by atoms with Gasteiger partial charge in [-0.1, -0.05) is 11.6 Å². The van der Waals surface area contributed by atoms with Crippen LogP contribution in [0.5, 0.6) is 5.88 Å². The summed E-state index contributed by atoms with van der Waals surface area (Å²) in [7, 11) is 3.11. The first-order valence-electron chi connectivity index (χ1n) is 9.19. The number of ether oxygens (including phenoxy) is 2. The molecule has 0 aliphatic heterocycles.